The van der Waals surface area contributed by atoms with E-state index in [1.54, 1.807) is 0 Å². The molecule has 0 saturated carbocycles. The van der Waals surface area contributed by atoms with E-state index in [1.807, 2.05) is 18.5 Å². The van der Waals surface area contributed by atoms with Crippen molar-refractivity contribution < 1.29 is 0 Å². The van der Waals surface area contributed by atoms with Gasteiger partial charge in [0, 0.05) is 79.3 Å². The minimum Gasteiger partial charge on any atom is -0.310 e. The van der Waals surface area contributed by atoms with Crippen LogP contribution in [0.4, 0.5) is 34.1 Å². The molecule has 0 saturated heterocycles. The molecule has 61 heavy (non-hydrogen) atoms. The summed E-state index contributed by atoms with van der Waals surface area (Å²) in [5.41, 5.74) is 16.5. The van der Waals surface area contributed by atoms with Crippen LogP contribution in [0, 0.1) is 13.8 Å². The highest BCUT2D eigenvalue weighted by Crippen LogP contribution is 2.43. The highest BCUT2D eigenvalue weighted by atomic mass is 15.1. The van der Waals surface area contributed by atoms with E-state index in [-0.39, 0.29) is 0 Å². The molecular formula is C56H41N5. The highest BCUT2D eigenvalue weighted by Gasteiger charge is 2.21. The lowest BCUT2D eigenvalue weighted by Crippen LogP contribution is -2.09. The zero-order valence-electron chi connectivity index (χ0n) is 33.9. The topological polar surface area (TPSA) is 37.2 Å². The molecule has 0 spiro atoms. The molecule has 8 aromatic carbocycles. The lowest BCUT2D eigenvalue weighted by Gasteiger charge is -2.26. The van der Waals surface area contributed by atoms with E-state index in [1.165, 1.54) is 27.5 Å². The number of aromatic nitrogens is 3. The van der Waals surface area contributed by atoms with Crippen LogP contribution >= 0.6 is 0 Å². The zero-order valence-corrected chi connectivity index (χ0v) is 33.9. The van der Waals surface area contributed by atoms with E-state index in [0.717, 1.165) is 78.2 Å². The van der Waals surface area contributed by atoms with Gasteiger partial charge in [-0.1, -0.05) is 91.0 Å². The first-order valence-electron chi connectivity index (χ1n) is 20.7. The first-order valence-corrected chi connectivity index (χ1v) is 20.7. The van der Waals surface area contributed by atoms with Crippen molar-refractivity contribution in [1.29, 1.82) is 0 Å². The number of para-hydroxylation sites is 4. The van der Waals surface area contributed by atoms with Crippen molar-refractivity contribution in [2.45, 2.75) is 13.8 Å². The van der Waals surface area contributed by atoms with Gasteiger partial charge < -0.3 is 14.4 Å². The lowest BCUT2D eigenvalue weighted by molar-refractivity contribution is 1.14. The Balaban J connectivity index is 1.12. The standard InChI is InChI=1S/C56H41N5/c1-38-33-54(39(2)32-49(38)42-34-41-26-25-40-16-15-31-57-55(40)56(41)58-37-42)61-52-29-27-47(59(43-17-7-3-8-18-43)44-19-9-4-10-20-44)35-50(52)51-36-48(28-30-53(51)61)60(45-21-11-5-12-22-45)46-23-13-6-14-24-46/h3-37H,1-2H3. The summed E-state index contributed by atoms with van der Waals surface area (Å²) in [5.74, 6) is 0. The van der Waals surface area contributed by atoms with Crippen molar-refractivity contribution in [2.24, 2.45) is 0 Å². The molecule has 5 heteroatoms. The molecule has 0 atom stereocenters. The predicted molar refractivity (Wildman–Crippen MR) is 256 cm³/mol. The number of benzene rings is 8. The average Bonchev–Trinajstić information content (AvgIpc) is 3.64. The smallest absolute Gasteiger partial charge is 0.0964 e. The number of rotatable bonds is 8. The van der Waals surface area contributed by atoms with E-state index in [0.29, 0.717) is 0 Å². The minimum atomic E-state index is 0.924. The highest BCUT2D eigenvalue weighted by molar-refractivity contribution is 6.12. The Labute approximate surface area is 355 Å². The van der Waals surface area contributed by atoms with Crippen LogP contribution in [0.1, 0.15) is 11.1 Å². The maximum atomic E-state index is 4.97. The summed E-state index contributed by atoms with van der Waals surface area (Å²) in [7, 11) is 0. The molecule has 5 nitrogen and oxygen atoms in total. The molecule has 11 rings (SSSR count). The Morgan fingerprint density at radius 3 is 1.41 bits per heavy atom. The molecule has 0 aliphatic carbocycles. The molecule has 0 unspecified atom stereocenters. The fraction of sp³-hybridized carbons (Fsp3) is 0.0357. The fourth-order valence-corrected chi connectivity index (χ4v) is 8.98. The van der Waals surface area contributed by atoms with Crippen molar-refractivity contribution in [3.63, 3.8) is 0 Å². The number of anilines is 6. The van der Waals surface area contributed by atoms with Crippen LogP contribution < -0.4 is 9.80 Å². The molecule has 0 aliphatic heterocycles. The number of pyridine rings is 2. The molecule has 0 amide bonds. The molecule has 11 aromatic rings. The van der Waals surface area contributed by atoms with Gasteiger partial charge in [-0.05, 0) is 140 Å². The molecule has 3 heterocycles. The summed E-state index contributed by atoms with van der Waals surface area (Å²) in [5, 5.41) is 4.53. The zero-order chi connectivity index (χ0) is 40.9. The third-order valence-corrected chi connectivity index (χ3v) is 11.8. The Bertz CT molecular complexity index is 3160. The normalized spacial score (nSPS) is 11.4. The van der Waals surface area contributed by atoms with E-state index < -0.39 is 0 Å². The summed E-state index contributed by atoms with van der Waals surface area (Å²) in [6.45, 7) is 4.44. The number of aryl methyl sites for hydroxylation is 2. The molecule has 3 aromatic heterocycles. The van der Waals surface area contributed by atoms with Crippen LogP contribution in [0.25, 0.3) is 60.4 Å². The Morgan fingerprint density at radius 1 is 0.393 bits per heavy atom. The lowest BCUT2D eigenvalue weighted by atomic mass is 9.97. The van der Waals surface area contributed by atoms with E-state index in [2.05, 4.69) is 227 Å². The Hall–Kier alpha value is -8.02. The van der Waals surface area contributed by atoms with Gasteiger partial charge in [0.15, 0.2) is 0 Å². The summed E-state index contributed by atoms with van der Waals surface area (Å²) < 4.78 is 2.45. The van der Waals surface area contributed by atoms with E-state index in [9.17, 15) is 0 Å². The monoisotopic (exact) mass is 783 g/mol. The van der Waals surface area contributed by atoms with Gasteiger partial charge in [-0.2, -0.15) is 0 Å². The van der Waals surface area contributed by atoms with E-state index in [4.69, 9.17) is 4.98 Å². The second-order valence-corrected chi connectivity index (χ2v) is 15.6. The van der Waals surface area contributed by atoms with Crippen LogP contribution in [-0.2, 0) is 0 Å². The largest absolute Gasteiger partial charge is 0.310 e. The number of nitrogens with zero attached hydrogens (tertiary/aromatic N) is 5. The maximum Gasteiger partial charge on any atom is 0.0964 e. The molecular weight excluding hydrogens is 743 g/mol. The van der Waals surface area contributed by atoms with Crippen LogP contribution in [0.5, 0.6) is 0 Å². The number of hydrogen-bond acceptors (Lipinski definition) is 4. The van der Waals surface area contributed by atoms with E-state index >= 15 is 0 Å². The van der Waals surface area contributed by atoms with Gasteiger partial charge in [-0.15, -0.1) is 0 Å². The Morgan fingerprint density at radius 2 is 0.885 bits per heavy atom. The van der Waals surface area contributed by atoms with Crippen molar-refractivity contribution in [2.75, 3.05) is 9.80 Å². The van der Waals surface area contributed by atoms with Crippen LogP contribution in [0.15, 0.2) is 213 Å². The Kier molecular flexibility index (Phi) is 8.86. The third kappa shape index (κ3) is 6.35. The summed E-state index contributed by atoms with van der Waals surface area (Å²) in [4.78, 5) is 14.3. The second-order valence-electron chi connectivity index (χ2n) is 15.6. The maximum absolute atomic E-state index is 4.97. The van der Waals surface area contributed by atoms with Gasteiger partial charge in [0.25, 0.3) is 0 Å². The first kappa shape index (κ1) is 36.1. The van der Waals surface area contributed by atoms with Gasteiger partial charge in [0.2, 0.25) is 0 Å². The molecule has 0 N–H and O–H groups in total. The van der Waals surface area contributed by atoms with Gasteiger partial charge in [0.05, 0.1) is 22.1 Å². The van der Waals surface area contributed by atoms with Gasteiger partial charge in [-0.3, -0.25) is 9.97 Å². The van der Waals surface area contributed by atoms with Gasteiger partial charge in [-0.25, -0.2) is 0 Å². The van der Waals surface area contributed by atoms with Crippen molar-refractivity contribution in [1.82, 2.24) is 14.5 Å². The third-order valence-electron chi connectivity index (χ3n) is 11.8. The average molecular weight is 784 g/mol. The summed E-state index contributed by atoms with van der Waals surface area (Å²) in [6, 6.07) is 71.6. The molecule has 0 aliphatic rings. The van der Waals surface area contributed by atoms with Crippen molar-refractivity contribution >= 4 is 77.7 Å². The molecule has 290 valence electrons. The minimum absolute atomic E-state index is 0.924. The first-order chi connectivity index (χ1) is 30.1. The number of hydrogen-bond donors (Lipinski definition) is 0. The molecule has 0 fully saturated rings. The molecule has 0 bridgehead atoms. The summed E-state index contributed by atoms with van der Waals surface area (Å²) in [6.07, 6.45) is 3.84. The van der Waals surface area contributed by atoms with Crippen LogP contribution in [0.3, 0.4) is 0 Å². The fourth-order valence-electron chi connectivity index (χ4n) is 8.98. The quantitative estimate of drug-likeness (QED) is 0.144. The van der Waals surface area contributed by atoms with Gasteiger partial charge >= 0.3 is 0 Å². The second kappa shape index (κ2) is 15.0. The van der Waals surface area contributed by atoms with Crippen LogP contribution in [0.2, 0.25) is 0 Å². The van der Waals surface area contributed by atoms with Gasteiger partial charge in [0.1, 0.15) is 0 Å². The summed E-state index contributed by atoms with van der Waals surface area (Å²) >= 11 is 0. The predicted octanol–water partition coefficient (Wildman–Crippen LogP) is 15.1. The SMILES string of the molecule is Cc1cc(-n2c3ccc(N(c4ccccc4)c4ccccc4)cc3c3cc(N(c4ccccc4)c4ccccc4)ccc32)c(C)cc1-c1cnc2c(ccc3cccnc32)c1. The van der Waals surface area contributed by atoms with Crippen LogP contribution in [-0.4, -0.2) is 14.5 Å². The molecule has 0 radical (unpaired) electrons. The number of fused-ring (bicyclic) bond motifs is 6. The van der Waals surface area contributed by atoms with Crippen molar-refractivity contribution in [3.05, 3.63) is 224 Å². The van der Waals surface area contributed by atoms with Crippen molar-refractivity contribution in [3.8, 4) is 16.8 Å².